The maximum absolute atomic E-state index is 11.6. The molecule has 0 saturated carbocycles. The van der Waals surface area contributed by atoms with E-state index in [-0.39, 0.29) is 24.0 Å². The Balaban J connectivity index is 1.48. The molecule has 7 heteroatoms. The lowest BCUT2D eigenvalue weighted by molar-refractivity contribution is -0.120. The number of nitrogens with zero attached hydrogens (tertiary/aromatic N) is 1. The number of carbonyl (C=O) groups excluding carboxylic acids is 2. The summed E-state index contributed by atoms with van der Waals surface area (Å²) in [4.78, 5) is 25.5. The molecular formula is C15H23N3O4. The highest BCUT2D eigenvalue weighted by atomic mass is 16.5. The summed E-state index contributed by atoms with van der Waals surface area (Å²) in [7, 11) is 0. The molecule has 0 bridgehead atoms. The van der Waals surface area contributed by atoms with Gasteiger partial charge in [0.1, 0.15) is 0 Å². The van der Waals surface area contributed by atoms with E-state index in [1.807, 2.05) is 0 Å². The van der Waals surface area contributed by atoms with Gasteiger partial charge in [-0.15, -0.1) is 0 Å². The summed E-state index contributed by atoms with van der Waals surface area (Å²) in [5.41, 5.74) is 0. The zero-order valence-corrected chi connectivity index (χ0v) is 12.7. The third-order valence-corrected chi connectivity index (χ3v) is 3.46. The van der Waals surface area contributed by atoms with Crippen LogP contribution in [-0.2, 0) is 9.53 Å². The number of carbonyl (C=O) groups is 2. The fourth-order valence-corrected chi connectivity index (χ4v) is 2.23. The molecule has 1 aliphatic heterocycles. The van der Waals surface area contributed by atoms with Crippen molar-refractivity contribution in [2.45, 2.75) is 12.8 Å². The van der Waals surface area contributed by atoms with E-state index in [1.54, 1.807) is 12.1 Å². The summed E-state index contributed by atoms with van der Waals surface area (Å²) in [5.74, 6) is -0.0993. The van der Waals surface area contributed by atoms with Crippen LogP contribution in [0.15, 0.2) is 22.8 Å². The van der Waals surface area contributed by atoms with Crippen molar-refractivity contribution >= 4 is 11.8 Å². The van der Waals surface area contributed by atoms with Crippen LogP contribution >= 0.6 is 0 Å². The van der Waals surface area contributed by atoms with E-state index < -0.39 is 0 Å². The van der Waals surface area contributed by atoms with Gasteiger partial charge in [-0.1, -0.05) is 0 Å². The first-order chi connectivity index (χ1) is 10.8. The smallest absolute Gasteiger partial charge is 0.286 e. The topological polar surface area (TPSA) is 83.8 Å². The van der Waals surface area contributed by atoms with E-state index in [9.17, 15) is 9.59 Å². The number of furan rings is 1. The molecule has 0 spiro atoms. The van der Waals surface area contributed by atoms with Gasteiger partial charge in [0.05, 0.1) is 19.5 Å². The van der Waals surface area contributed by atoms with E-state index >= 15 is 0 Å². The number of hydrogen-bond donors (Lipinski definition) is 2. The quantitative estimate of drug-likeness (QED) is 0.672. The first-order valence-electron chi connectivity index (χ1n) is 7.64. The summed E-state index contributed by atoms with van der Waals surface area (Å²) >= 11 is 0. The normalized spacial score (nSPS) is 15.5. The van der Waals surface area contributed by atoms with Crippen LogP contribution in [0.2, 0.25) is 0 Å². The molecule has 1 saturated heterocycles. The van der Waals surface area contributed by atoms with Gasteiger partial charge in [-0.25, -0.2) is 0 Å². The molecule has 122 valence electrons. The summed E-state index contributed by atoms with van der Waals surface area (Å²) in [6, 6.07) is 3.23. The molecule has 1 fully saturated rings. The Morgan fingerprint density at radius 2 is 2.00 bits per heavy atom. The highest BCUT2D eigenvalue weighted by molar-refractivity contribution is 5.91. The van der Waals surface area contributed by atoms with E-state index in [0.717, 1.165) is 39.3 Å². The Hall–Kier alpha value is -1.86. The largest absolute Gasteiger partial charge is 0.459 e. The summed E-state index contributed by atoms with van der Waals surface area (Å²) in [6.45, 7) is 5.44. The van der Waals surface area contributed by atoms with Gasteiger partial charge >= 0.3 is 0 Å². The van der Waals surface area contributed by atoms with Crippen molar-refractivity contribution in [1.29, 1.82) is 0 Å². The van der Waals surface area contributed by atoms with Crippen LogP contribution in [0.5, 0.6) is 0 Å². The standard InChI is InChI=1S/C15H23N3O4/c19-14(4-6-17-15(20)13-3-1-10-22-13)16-5-2-7-18-8-11-21-12-9-18/h1,3,10H,2,4-9,11-12H2,(H,16,19)(H,17,20). The summed E-state index contributed by atoms with van der Waals surface area (Å²) < 4.78 is 10.2. The number of rotatable bonds is 8. The van der Waals surface area contributed by atoms with E-state index in [4.69, 9.17) is 9.15 Å². The van der Waals surface area contributed by atoms with Crippen LogP contribution in [0.4, 0.5) is 0 Å². The van der Waals surface area contributed by atoms with Crippen molar-refractivity contribution < 1.29 is 18.7 Å². The lowest BCUT2D eigenvalue weighted by Crippen LogP contribution is -2.38. The zero-order valence-electron chi connectivity index (χ0n) is 12.7. The molecule has 0 atom stereocenters. The van der Waals surface area contributed by atoms with Gasteiger partial charge in [-0.05, 0) is 25.1 Å². The Morgan fingerprint density at radius 1 is 1.18 bits per heavy atom. The predicted molar refractivity (Wildman–Crippen MR) is 80.5 cm³/mol. The fourth-order valence-electron chi connectivity index (χ4n) is 2.23. The number of nitrogens with one attached hydrogen (secondary N) is 2. The summed E-state index contributed by atoms with van der Waals surface area (Å²) in [5, 5.41) is 5.50. The maximum atomic E-state index is 11.6. The average molecular weight is 309 g/mol. The minimum Gasteiger partial charge on any atom is -0.459 e. The minimum absolute atomic E-state index is 0.0540. The number of hydrogen-bond acceptors (Lipinski definition) is 5. The first kappa shape index (κ1) is 16.5. The molecule has 2 heterocycles. The van der Waals surface area contributed by atoms with Crippen LogP contribution in [0.1, 0.15) is 23.4 Å². The molecule has 0 aromatic carbocycles. The van der Waals surface area contributed by atoms with Crippen molar-refractivity contribution in [2.24, 2.45) is 0 Å². The lowest BCUT2D eigenvalue weighted by atomic mass is 10.3. The van der Waals surface area contributed by atoms with Gasteiger partial charge in [0.15, 0.2) is 5.76 Å². The second-order valence-corrected chi connectivity index (χ2v) is 5.14. The Labute approximate surface area is 130 Å². The first-order valence-corrected chi connectivity index (χ1v) is 7.64. The molecule has 2 rings (SSSR count). The number of amides is 2. The van der Waals surface area contributed by atoms with E-state index in [1.165, 1.54) is 6.26 Å². The predicted octanol–water partition coefficient (Wildman–Crippen LogP) is 0.238. The molecule has 0 aliphatic carbocycles. The Morgan fingerprint density at radius 3 is 2.73 bits per heavy atom. The molecule has 0 radical (unpaired) electrons. The SMILES string of the molecule is O=C(CCNC(=O)c1ccco1)NCCCN1CCOCC1. The van der Waals surface area contributed by atoms with Gasteiger partial charge < -0.3 is 19.8 Å². The average Bonchev–Trinajstić information content (AvgIpc) is 3.07. The maximum Gasteiger partial charge on any atom is 0.286 e. The van der Waals surface area contributed by atoms with E-state index in [0.29, 0.717) is 13.1 Å². The lowest BCUT2D eigenvalue weighted by Gasteiger charge is -2.26. The molecule has 1 aromatic rings. The third kappa shape index (κ3) is 5.87. The van der Waals surface area contributed by atoms with Crippen LogP contribution in [0, 0.1) is 0 Å². The molecule has 2 N–H and O–H groups in total. The van der Waals surface area contributed by atoms with Gasteiger partial charge in [0.2, 0.25) is 5.91 Å². The monoisotopic (exact) mass is 309 g/mol. The van der Waals surface area contributed by atoms with Crippen molar-refractivity contribution in [3.63, 3.8) is 0 Å². The second kappa shape index (κ2) is 9.22. The number of morpholine rings is 1. The molecule has 0 unspecified atom stereocenters. The van der Waals surface area contributed by atoms with Crippen LogP contribution < -0.4 is 10.6 Å². The van der Waals surface area contributed by atoms with Crippen molar-refractivity contribution in [3.05, 3.63) is 24.2 Å². The highest BCUT2D eigenvalue weighted by Crippen LogP contribution is 1.99. The van der Waals surface area contributed by atoms with Crippen LogP contribution in [-0.4, -0.2) is 62.7 Å². The van der Waals surface area contributed by atoms with Gasteiger partial charge in [0.25, 0.3) is 5.91 Å². The molecule has 1 aromatic heterocycles. The van der Waals surface area contributed by atoms with Gasteiger partial charge in [-0.3, -0.25) is 14.5 Å². The third-order valence-electron chi connectivity index (χ3n) is 3.46. The highest BCUT2D eigenvalue weighted by Gasteiger charge is 2.10. The zero-order chi connectivity index (χ0) is 15.6. The molecule has 1 aliphatic rings. The molecule has 22 heavy (non-hydrogen) atoms. The van der Waals surface area contributed by atoms with E-state index in [2.05, 4.69) is 15.5 Å². The van der Waals surface area contributed by atoms with Crippen molar-refractivity contribution in [2.75, 3.05) is 45.9 Å². The second-order valence-electron chi connectivity index (χ2n) is 5.14. The molecular weight excluding hydrogens is 286 g/mol. The van der Waals surface area contributed by atoms with Gasteiger partial charge in [-0.2, -0.15) is 0 Å². The Bertz CT molecular complexity index is 455. The Kier molecular flexibility index (Phi) is 6.92. The number of ether oxygens (including phenoxy) is 1. The molecule has 2 amide bonds. The summed E-state index contributed by atoms with van der Waals surface area (Å²) in [6.07, 6.45) is 2.63. The molecule has 7 nitrogen and oxygen atoms in total. The van der Waals surface area contributed by atoms with Crippen LogP contribution in [0.3, 0.4) is 0 Å². The fraction of sp³-hybridized carbons (Fsp3) is 0.600. The van der Waals surface area contributed by atoms with Crippen LogP contribution in [0.25, 0.3) is 0 Å². The van der Waals surface area contributed by atoms with Gasteiger partial charge in [0, 0.05) is 32.6 Å². The van der Waals surface area contributed by atoms with Crippen molar-refractivity contribution in [1.82, 2.24) is 15.5 Å². The minimum atomic E-state index is -0.301. The van der Waals surface area contributed by atoms with Crippen molar-refractivity contribution in [3.8, 4) is 0 Å².